The van der Waals surface area contributed by atoms with Gasteiger partial charge in [-0.1, -0.05) is 62.4 Å². The van der Waals surface area contributed by atoms with Gasteiger partial charge in [-0.3, -0.25) is 14.5 Å². The number of rotatable bonds is 11. The fourth-order valence-corrected chi connectivity index (χ4v) is 7.10. The summed E-state index contributed by atoms with van der Waals surface area (Å²) in [5, 5.41) is 3.59. The Morgan fingerprint density at radius 3 is 2.29 bits per heavy atom. The van der Waals surface area contributed by atoms with E-state index in [0.29, 0.717) is 35.3 Å². The summed E-state index contributed by atoms with van der Waals surface area (Å²) in [5.74, 6) is -0.868. The SMILES string of the molecule is CC(C)Cc1cn(Cc2c(F)cccc2F)c2sc(-c3ccc(NC(=O)C4CC4)cc3)c(CN(C)Cc3ccccc3)c2c1=O. The van der Waals surface area contributed by atoms with E-state index in [1.54, 1.807) is 6.20 Å². The second-order valence-corrected chi connectivity index (χ2v) is 13.5. The third-order valence-corrected chi connectivity index (χ3v) is 9.50. The summed E-state index contributed by atoms with van der Waals surface area (Å²) < 4.78 is 31.6. The Hall–Kier alpha value is -4.14. The summed E-state index contributed by atoms with van der Waals surface area (Å²) in [4.78, 5) is 30.4. The highest BCUT2D eigenvalue weighted by molar-refractivity contribution is 7.22. The average Bonchev–Trinajstić information content (AvgIpc) is 3.80. The van der Waals surface area contributed by atoms with Crippen molar-refractivity contribution in [1.82, 2.24) is 9.47 Å². The van der Waals surface area contributed by atoms with Crippen molar-refractivity contribution in [2.45, 2.75) is 52.7 Å². The molecule has 1 aliphatic rings. The zero-order valence-corrected chi connectivity index (χ0v) is 26.6. The van der Waals surface area contributed by atoms with Crippen LogP contribution < -0.4 is 10.7 Å². The van der Waals surface area contributed by atoms with E-state index in [1.807, 2.05) is 54.1 Å². The highest BCUT2D eigenvalue weighted by atomic mass is 32.1. The first kappa shape index (κ1) is 30.9. The predicted molar refractivity (Wildman–Crippen MR) is 178 cm³/mol. The molecule has 5 nitrogen and oxygen atoms in total. The van der Waals surface area contributed by atoms with Crippen molar-refractivity contribution in [3.05, 3.63) is 123 Å². The second-order valence-electron chi connectivity index (χ2n) is 12.5. The van der Waals surface area contributed by atoms with Crippen LogP contribution in [0.2, 0.25) is 0 Å². The van der Waals surface area contributed by atoms with Gasteiger partial charge >= 0.3 is 0 Å². The highest BCUT2D eigenvalue weighted by Gasteiger charge is 2.29. The first-order valence-corrected chi connectivity index (χ1v) is 16.2. The summed E-state index contributed by atoms with van der Waals surface area (Å²) in [6.07, 6.45) is 4.19. The Morgan fingerprint density at radius 2 is 1.64 bits per heavy atom. The number of hydrogen-bond donors (Lipinski definition) is 1. The van der Waals surface area contributed by atoms with Crippen LogP contribution in [0, 0.1) is 23.5 Å². The minimum atomic E-state index is -0.615. The Morgan fingerprint density at radius 1 is 0.956 bits per heavy atom. The summed E-state index contributed by atoms with van der Waals surface area (Å²) in [6, 6.07) is 21.8. The van der Waals surface area contributed by atoms with Gasteiger partial charge in [0.1, 0.15) is 16.5 Å². The predicted octanol–water partition coefficient (Wildman–Crippen LogP) is 8.24. The van der Waals surface area contributed by atoms with Gasteiger partial charge in [-0.2, -0.15) is 0 Å². The Labute approximate surface area is 266 Å². The van der Waals surface area contributed by atoms with Crippen molar-refractivity contribution in [1.29, 1.82) is 0 Å². The molecule has 1 aliphatic carbocycles. The van der Waals surface area contributed by atoms with Gasteiger partial charge < -0.3 is 9.88 Å². The lowest BCUT2D eigenvalue weighted by molar-refractivity contribution is -0.117. The standard InChI is InChI=1S/C37H37F2N3O2S/c1-23(2)18-27-20-42(22-29-31(38)10-7-11-32(29)39)37-33(34(27)43)30(21-41(3)19-24-8-5-4-6-9-24)35(45-37)25-14-16-28(17-15-25)40-36(44)26-12-13-26/h4-11,14-17,20,23,26H,12-13,18-19,21-22H2,1-3H3,(H,40,44). The number of carbonyl (C=O) groups is 1. The van der Waals surface area contributed by atoms with Crippen LogP contribution in [-0.4, -0.2) is 22.4 Å². The fraction of sp³-hybridized carbons (Fsp3) is 0.297. The smallest absolute Gasteiger partial charge is 0.227 e. The molecule has 1 saturated carbocycles. The molecule has 0 spiro atoms. The van der Waals surface area contributed by atoms with E-state index in [9.17, 15) is 18.4 Å². The van der Waals surface area contributed by atoms with Gasteiger partial charge in [0, 0.05) is 46.9 Å². The van der Waals surface area contributed by atoms with Crippen molar-refractivity contribution < 1.29 is 13.6 Å². The molecule has 0 aliphatic heterocycles. The number of benzene rings is 3. The molecule has 0 atom stereocenters. The van der Waals surface area contributed by atoms with E-state index < -0.39 is 11.6 Å². The van der Waals surface area contributed by atoms with Crippen LogP contribution in [0.15, 0.2) is 83.8 Å². The van der Waals surface area contributed by atoms with E-state index in [1.165, 1.54) is 29.5 Å². The molecule has 8 heteroatoms. The van der Waals surface area contributed by atoms with Crippen molar-refractivity contribution in [2.24, 2.45) is 11.8 Å². The average molecular weight is 626 g/mol. The number of halogens is 2. The van der Waals surface area contributed by atoms with E-state index in [0.717, 1.165) is 40.1 Å². The normalized spacial score (nSPS) is 13.2. The molecule has 0 unspecified atom stereocenters. The second kappa shape index (κ2) is 13.1. The molecular formula is C37H37F2N3O2S. The first-order chi connectivity index (χ1) is 21.7. The molecule has 45 heavy (non-hydrogen) atoms. The molecule has 1 amide bonds. The van der Waals surface area contributed by atoms with Gasteiger partial charge in [0.2, 0.25) is 5.91 Å². The van der Waals surface area contributed by atoms with E-state index in [2.05, 4.69) is 36.2 Å². The molecular weight excluding hydrogens is 588 g/mol. The third-order valence-electron chi connectivity index (χ3n) is 8.18. The van der Waals surface area contributed by atoms with E-state index in [4.69, 9.17) is 0 Å². The van der Waals surface area contributed by atoms with Crippen molar-refractivity contribution >= 4 is 33.1 Å². The van der Waals surface area contributed by atoms with Gasteiger partial charge in [0.15, 0.2) is 5.43 Å². The monoisotopic (exact) mass is 625 g/mol. The molecule has 2 aromatic heterocycles. The first-order valence-electron chi connectivity index (χ1n) is 15.4. The molecule has 5 aromatic rings. The molecule has 6 rings (SSSR count). The number of hydrogen-bond acceptors (Lipinski definition) is 4. The topological polar surface area (TPSA) is 54.3 Å². The van der Waals surface area contributed by atoms with Gasteiger partial charge in [-0.15, -0.1) is 11.3 Å². The number of thiophene rings is 1. The summed E-state index contributed by atoms with van der Waals surface area (Å²) in [6.45, 7) is 5.26. The molecule has 1 N–H and O–H groups in total. The number of nitrogens with zero attached hydrogens (tertiary/aromatic N) is 2. The maximum absolute atomic E-state index is 14.9. The maximum atomic E-state index is 14.9. The van der Waals surface area contributed by atoms with Crippen molar-refractivity contribution in [2.75, 3.05) is 12.4 Å². The molecule has 232 valence electrons. The number of anilines is 1. The number of aromatic nitrogens is 1. The van der Waals surface area contributed by atoms with Gasteiger partial charge in [0.25, 0.3) is 0 Å². The molecule has 1 fully saturated rings. The van der Waals surface area contributed by atoms with Crippen LogP contribution in [0.5, 0.6) is 0 Å². The fourth-order valence-electron chi connectivity index (χ4n) is 5.81. The summed E-state index contributed by atoms with van der Waals surface area (Å²) in [7, 11) is 2.03. The summed E-state index contributed by atoms with van der Waals surface area (Å²) >= 11 is 1.46. The molecule has 0 bridgehead atoms. The lowest BCUT2D eigenvalue weighted by atomic mass is 10.00. The molecule has 0 radical (unpaired) electrons. The highest BCUT2D eigenvalue weighted by Crippen LogP contribution is 2.40. The minimum absolute atomic E-state index is 0.0357. The Bertz CT molecular complexity index is 1870. The number of pyridine rings is 1. The van der Waals surface area contributed by atoms with Crippen LogP contribution in [0.4, 0.5) is 14.5 Å². The number of fused-ring (bicyclic) bond motifs is 1. The van der Waals surface area contributed by atoms with Gasteiger partial charge in [-0.25, -0.2) is 8.78 Å². The van der Waals surface area contributed by atoms with Gasteiger partial charge in [-0.05, 0) is 73.2 Å². The van der Waals surface area contributed by atoms with Crippen LogP contribution in [0.1, 0.15) is 48.9 Å². The zero-order chi connectivity index (χ0) is 31.7. The quantitative estimate of drug-likeness (QED) is 0.161. The van der Waals surface area contributed by atoms with E-state index >= 15 is 0 Å². The minimum Gasteiger partial charge on any atom is -0.334 e. The third kappa shape index (κ3) is 6.92. The lowest BCUT2D eigenvalue weighted by Crippen LogP contribution is -2.21. The Balaban J connectivity index is 1.49. The van der Waals surface area contributed by atoms with Gasteiger partial charge in [0.05, 0.1) is 11.9 Å². The molecule has 2 heterocycles. The maximum Gasteiger partial charge on any atom is 0.227 e. The van der Waals surface area contributed by atoms with Crippen LogP contribution >= 0.6 is 11.3 Å². The van der Waals surface area contributed by atoms with Crippen LogP contribution in [-0.2, 0) is 30.8 Å². The van der Waals surface area contributed by atoms with Crippen molar-refractivity contribution in [3.63, 3.8) is 0 Å². The largest absolute Gasteiger partial charge is 0.334 e. The van der Waals surface area contributed by atoms with Crippen LogP contribution in [0.3, 0.4) is 0 Å². The van der Waals surface area contributed by atoms with Crippen molar-refractivity contribution in [3.8, 4) is 10.4 Å². The molecule has 3 aromatic carbocycles. The summed E-state index contributed by atoms with van der Waals surface area (Å²) in [5.41, 5.74) is 4.25. The lowest BCUT2D eigenvalue weighted by Gasteiger charge is -2.18. The Kier molecular flexibility index (Phi) is 8.97. The number of carbonyl (C=O) groups excluding carboxylic acids is 1. The number of nitrogens with one attached hydrogen (secondary N) is 1. The van der Waals surface area contributed by atoms with E-state index in [-0.39, 0.29) is 35.3 Å². The number of amides is 1. The zero-order valence-electron chi connectivity index (χ0n) is 25.8. The molecule has 0 saturated heterocycles. The van der Waals surface area contributed by atoms with Crippen LogP contribution in [0.25, 0.3) is 20.7 Å².